The summed E-state index contributed by atoms with van der Waals surface area (Å²) in [6, 6.07) is 5.31. The lowest BCUT2D eigenvalue weighted by atomic mass is 9.95. The van der Waals surface area contributed by atoms with Crippen molar-refractivity contribution in [3.63, 3.8) is 0 Å². The summed E-state index contributed by atoms with van der Waals surface area (Å²) in [4.78, 5) is 20.2. The first-order valence-electron chi connectivity index (χ1n) is 9.96. The predicted molar refractivity (Wildman–Crippen MR) is 116 cm³/mol. The van der Waals surface area contributed by atoms with Crippen LogP contribution in [-0.2, 0) is 4.74 Å². The SMILES string of the molecule is C/C=C(\C)c1c[nH]c2c1C=C(c1ccc(O)c(C(=O)N3CCOCC3)c1)CN2C. The van der Waals surface area contributed by atoms with Crippen LogP contribution in [0.1, 0.15) is 40.9 Å². The van der Waals surface area contributed by atoms with E-state index in [0.717, 1.165) is 29.1 Å². The van der Waals surface area contributed by atoms with Crippen LogP contribution in [0.5, 0.6) is 5.75 Å². The lowest BCUT2D eigenvalue weighted by molar-refractivity contribution is 0.0301. The zero-order valence-corrected chi connectivity index (χ0v) is 17.2. The first-order valence-corrected chi connectivity index (χ1v) is 9.96. The predicted octanol–water partition coefficient (Wildman–Crippen LogP) is 3.61. The molecule has 0 atom stereocenters. The number of hydrogen-bond acceptors (Lipinski definition) is 4. The summed E-state index contributed by atoms with van der Waals surface area (Å²) in [5, 5.41) is 10.3. The molecule has 3 heterocycles. The molecule has 1 amide bonds. The van der Waals surface area contributed by atoms with Crippen LogP contribution in [0.3, 0.4) is 0 Å². The molecule has 2 N–H and O–H groups in total. The molecule has 6 heteroatoms. The van der Waals surface area contributed by atoms with Crippen molar-refractivity contribution in [2.45, 2.75) is 13.8 Å². The number of carbonyl (C=O) groups excluding carboxylic acids is 1. The van der Waals surface area contributed by atoms with Crippen molar-refractivity contribution in [1.29, 1.82) is 0 Å². The van der Waals surface area contributed by atoms with E-state index in [-0.39, 0.29) is 11.7 Å². The highest BCUT2D eigenvalue weighted by atomic mass is 16.5. The van der Waals surface area contributed by atoms with Crippen LogP contribution >= 0.6 is 0 Å². The van der Waals surface area contributed by atoms with Crippen LogP contribution in [0.4, 0.5) is 5.82 Å². The Morgan fingerprint density at radius 2 is 2.00 bits per heavy atom. The maximum absolute atomic E-state index is 12.9. The molecule has 0 saturated carbocycles. The number of aromatic nitrogens is 1. The average Bonchev–Trinajstić information content (AvgIpc) is 3.18. The second kappa shape index (κ2) is 7.79. The van der Waals surface area contributed by atoms with Crippen molar-refractivity contribution in [2.24, 2.45) is 0 Å². The van der Waals surface area contributed by atoms with E-state index in [4.69, 9.17) is 4.74 Å². The third-order valence-electron chi connectivity index (χ3n) is 5.76. The Bertz CT molecular complexity index is 997. The number of likely N-dealkylation sites (N-methyl/N-ethyl adjacent to an activating group) is 1. The van der Waals surface area contributed by atoms with Gasteiger partial charge in [0.05, 0.1) is 18.8 Å². The van der Waals surface area contributed by atoms with E-state index in [1.165, 1.54) is 11.1 Å². The largest absolute Gasteiger partial charge is 0.507 e. The van der Waals surface area contributed by atoms with Gasteiger partial charge in [-0.2, -0.15) is 0 Å². The molecule has 0 aliphatic carbocycles. The molecule has 1 aromatic heterocycles. The van der Waals surface area contributed by atoms with Crippen LogP contribution < -0.4 is 4.90 Å². The maximum Gasteiger partial charge on any atom is 0.257 e. The summed E-state index contributed by atoms with van der Waals surface area (Å²) >= 11 is 0. The Hall–Kier alpha value is -2.99. The van der Waals surface area contributed by atoms with E-state index < -0.39 is 0 Å². The highest BCUT2D eigenvalue weighted by molar-refractivity contribution is 6.00. The number of aromatic amines is 1. The number of fused-ring (bicyclic) bond motifs is 1. The summed E-state index contributed by atoms with van der Waals surface area (Å²) in [7, 11) is 2.05. The molecular weight excluding hydrogens is 366 g/mol. The van der Waals surface area contributed by atoms with Gasteiger partial charge >= 0.3 is 0 Å². The van der Waals surface area contributed by atoms with Crippen LogP contribution in [0.25, 0.3) is 17.2 Å². The number of hydrogen-bond donors (Lipinski definition) is 2. The van der Waals surface area contributed by atoms with Crippen molar-refractivity contribution >= 4 is 28.9 Å². The smallest absolute Gasteiger partial charge is 0.257 e. The maximum atomic E-state index is 12.9. The first kappa shape index (κ1) is 19.3. The fourth-order valence-electron chi connectivity index (χ4n) is 3.94. The number of nitrogens with one attached hydrogen (secondary N) is 1. The van der Waals surface area contributed by atoms with Crippen molar-refractivity contribution in [2.75, 3.05) is 44.8 Å². The molecule has 2 aliphatic rings. The fourth-order valence-corrected chi connectivity index (χ4v) is 3.94. The molecule has 2 aromatic rings. The fraction of sp³-hybridized carbons (Fsp3) is 0.348. The third-order valence-corrected chi connectivity index (χ3v) is 5.76. The highest BCUT2D eigenvalue weighted by Gasteiger charge is 2.24. The molecule has 1 aromatic carbocycles. The van der Waals surface area contributed by atoms with Crippen LogP contribution in [0.15, 0.2) is 30.5 Å². The zero-order chi connectivity index (χ0) is 20.5. The van der Waals surface area contributed by atoms with Crippen molar-refractivity contribution in [3.05, 3.63) is 52.7 Å². The number of nitrogens with zero attached hydrogens (tertiary/aromatic N) is 2. The van der Waals surface area contributed by atoms with Crippen molar-refractivity contribution in [1.82, 2.24) is 9.88 Å². The monoisotopic (exact) mass is 393 g/mol. The van der Waals surface area contributed by atoms with Gasteiger partial charge in [-0.25, -0.2) is 0 Å². The second-order valence-electron chi connectivity index (χ2n) is 7.60. The van der Waals surface area contributed by atoms with Gasteiger partial charge in [-0.1, -0.05) is 12.1 Å². The van der Waals surface area contributed by atoms with Gasteiger partial charge in [0, 0.05) is 44.0 Å². The Morgan fingerprint density at radius 1 is 1.24 bits per heavy atom. The van der Waals surface area contributed by atoms with E-state index in [9.17, 15) is 9.90 Å². The quantitative estimate of drug-likeness (QED) is 0.836. The van der Waals surface area contributed by atoms with Crippen molar-refractivity contribution in [3.8, 4) is 5.75 Å². The summed E-state index contributed by atoms with van der Waals surface area (Å²) in [6.07, 6.45) is 6.33. The summed E-state index contributed by atoms with van der Waals surface area (Å²) in [5.41, 5.74) is 5.94. The lowest BCUT2D eigenvalue weighted by Gasteiger charge is -2.28. The summed E-state index contributed by atoms with van der Waals surface area (Å²) in [6.45, 7) is 7.02. The standard InChI is InChI=1S/C23H27N3O3/c1-4-15(2)20-13-24-22-18(20)12-17(14-25(22)3)16-5-6-21(27)19(11-16)23(28)26-7-9-29-10-8-26/h4-6,11-13,24,27H,7-10,14H2,1-3H3/b15-4+. The number of allylic oxidation sites excluding steroid dienone is 2. The minimum Gasteiger partial charge on any atom is -0.507 e. The van der Waals surface area contributed by atoms with Crippen molar-refractivity contribution < 1.29 is 14.6 Å². The molecule has 0 radical (unpaired) electrons. The first-order chi connectivity index (χ1) is 14.0. The minimum atomic E-state index is -0.148. The molecule has 152 valence electrons. The normalized spacial score (nSPS) is 17.2. The van der Waals surface area contributed by atoms with E-state index in [1.54, 1.807) is 11.0 Å². The Labute approximate surface area is 171 Å². The van der Waals surface area contributed by atoms with Gasteiger partial charge in [-0.3, -0.25) is 4.79 Å². The van der Waals surface area contributed by atoms with Gasteiger partial charge in [-0.15, -0.1) is 0 Å². The molecule has 2 aliphatic heterocycles. The number of benzene rings is 1. The number of rotatable bonds is 3. The molecule has 0 unspecified atom stereocenters. The Kier molecular flexibility index (Phi) is 5.20. The molecule has 1 saturated heterocycles. The zero-order valence-electron chi connectivity index (χ0n) is 17.2. The van der Waals surface area contributed by atoms with Crippen LogP contribution in [0.2, 0.25) is 0 Å². The summed E-state index contributed by atoms with van der Waals surface area (Å²) in [5.74, 6) is 0.960. The number of anilines is 1. The molecule has 0 bridgehead atoms. The summed E-state index contributed by atoms with van der Waals surface area (Å²) < 4.78 is 5.33. The molecule has 1 fully saturated rings. The molecule has 0 spiro atoms. The van der Waals surface area contributed by atoms with Gasteiger partial charge in [0.15, 0.2) is 0 Å². The third kappa shape index (κ3) is 3.56. The molecule has 6 nitrogen and oxygen atoms in total. The van der Waals surface area contributed by atoms with Gasteiger partial charge in [0.2, 0.25) is 0 Å². The Balaban J connectivity index is 1.72. The van der Waals surface area contributed by atoms with Gasteiger partial charge in [0.25, 0.3) is 5.91 Å². The van der Waals surface area contributed by atoms with Gasteiger partial charge < -0.3 is 24.6 Å². The molecule has 4 rings (SSSR count). The number of ether oxygens (including phenoxy) is 1. The number of phenols is 1. The topological polar surface area (TPSA) is 68.8 Å². The number of amides is 1. The van der Waals surface area contributed by atoms with Gasteiger partial charge in [-0.05, 0) is 48.8 Å². The Morgan fingerprint density at radius 3 is 2.72 bits per heavy atom. The van der Waals surface area contributed by atoms with E-state index >= 15 is 0 Å². The highest BCUT2D eigenvalue weighted by Crippen LogP contribution is 2.37. The van der Waals surface area contributed by atoms with Crippen LogP contribution in [-0.4, -0.2) is 60.8 Å². The van der Waals surface area contributed by atoms with Gasteiger partial charge in [0.1, 0.15) is 11.6 Å². The number of aromatic hydroxyl groups is 1. The van der Waals surface area contributed by atoms with E-state index in [1.807, 2.05) is 25.3 Å². The molecule has 29 heavy (non-hydrogen) atoms. The van der Waals surface area contributed by atoms with Crippen LogP contribution in [0, 0.1) is 0 Å². The number of H-pyrrole nitrogens is 1. The lowest BCUT2D eigenvalue weighted by Crippen LogP contribution is -2.40. The average molecular weight is 393 g/mol. The second-order valence-corrected chi connectivity index (χ2v) is 7.60. The van der Waals surface area contributed by atoms with E-state index in [2.05, 4.69) is 36.0 Å². The number of carbonyl (C=O) groups is 1. The number of morpholine rings is 1. The molecular formula is C23H27N3O3. The van der Waals surface area contributed by atoms with E-state index in [0.29, 0.717) is 31.9 Å². The number of phenolic OH excluding ortho intramolecular Hbond substituents is 1. The minimum absolute atomic E-state index is 0.0165.